The van der Waals surface area contributed by atoms with E-state index in [1.54, 1.807) is 6.08 Å². The van der Waals surface area contributed by atoms with E-state index in [1.165, 1.54) is 48.6 Å². The highest BCUT2D eigenvalue weighted by Gasteiger charge is 2.16. The van der Waals surface area contributed by atoms with Crippen LogP contribution in [0.4, 0.5) is 9.57 Å². The summed E-state index contributed by atoms with van der Waals surface area (Å²) in [5.41, 5.74) is 0.536. The summed E-state index contributed by atoms with van der Waals surface area (Å²) in [6, 6.07) is 7.84. The van der Waals surface area contributed by atoms with E-state index in [4.69, 9.17) is 23.2 Å². The van der Waals surface area contributed by atoms with Crippen molar-refractivity contribution in [2.45, 2.75) is 4.90 Å². The molecule has 0 fully saturated rings. The average molecular weight is 402 g/mol. The first-order valence-corrected chi connectivity index (χ1v) is 8.85. The van der Waals surface area contributed by atoms with Gasteiger partial charge in [0, 0.05) is 17.2 Å². The van der Waals surface area contributed by atoms with Crippen molar-refractivity contribution < 1.29 is 17.2 Å². The highest BCUT2D eigenvalue weighted by molar-refractivity contribution is 7.86. The second-order valence-electron chi connectivity index (χ2n) is 4.80. The lowest BCUT2D eigenvalue weighted by Gasteiger charge is -2.01. The van der Waals surface area contributed by atoms with Crippen LogP contribution in [0.5, 0.6) is 0 Å². The van der Waals surface area contributed by atoms with Crippen molar-refractivity contribution in [2.75, 3.05) is 0 Å². The van der Waals surface area contributed by atoms with E-state index >= 15 is 0 Å². The van der Waals surface area contributed by atoms with Crippen LogP contribution in [0.25, 0.3) is 12.2 Å². The molecule has 0 amide bonds. The predicted octanol–water partition coefficient (Wildman–Crippen LogP) is 5.29. The molecular formula is C16H10Cl2FNO4S. The molecule has 0 aliphatic carbocycles. The Morgan fingerprint density at radius 2 is 1.60 bits per heavy atom. The highest BCUT2D eigenvalue weighted by atomic mass is 35.5. The number of allylic oxidation sites excluding steroid dienone is 2. The second-order valence-corrected chi connectivity index (χ2v) is 6.96. The minimum absolute atomic E-state index is 0.0987. The third-order valence-corrected chi connectivity index (χ3v) is 4.54. The molecule has 0 saturated carbocycles. The zero-order chi connectivity index (χ0) is 18.6. The molecule has 0 saturated heterocycles. The van der Waals surface area contributed by atoms with Gasteiger partial charge in [-0.3, -0.25) is 10.1 Å². The van der Waals surface area contributed by atoms with E-state index in [9.17, 15) is 22.4 Å². The highest BCUT2D eigenvalue weighted by Crippen LogP contribution is 2.25. The lowest BCUT2D eigenvalue weighted by Crippen LogP contribution is -1.95. The zero-order valence-corrected chi connectivity index (χ0v) is 14.7. The van der Waals surface area contributed by atoms with E-state index in [2.05, 4.69) is 0 Å². The van der Waals surface area contributed by atoms with Gasteiger partial charge in [0.1, 0.15) is 4.90 Å². The summed E-state index contributed by atoms with van der Waals surface area (Å²) < 4.78 is 35.6. The molecule has 2 aromatic carbocycles. The Morgan fingerprint density at radius 3 is 2.16 bits per heavy atom. The monoisotopic (exact) mass is 401 g/mol. The second kappa shape index (κ2) is 7.77. The standard InChI is InChI=1S/C16H10Cl2FNO4S/c17-13-7-5-12(16(9-13)25(19,23)24)4-2-1-3-11-6-8-14(20(21)22)10-15(11)18/h1-10H. The average Bonchev–Trinajstić information content (AvgIpc) is 2.52. The van der Waals surface area contributed by atoms with Gasteiger partial charge in [-0.2, -0.15) is 8.42 Å². The quantitative estimate of drug-likeness (QED) is 0.295. The van der Waals surface area contributed by atoms with Crippen LogP contribution in [0, 0.1) is 10.1 Å². The Morgan fingerprint density at radius 1 is 1.00 bits per heavy atom. The minimum Gasteiger partial charge on any atom is -0.258 e. The molecule has 0 N–H and O–H groups in total. The molecule has 0 aliphatic heterocycles. The van der Waals surface area contributed by atoms with Crippen LogP contribution in [-0.4, -0.2) is 13.3 Å². The van der Waals surface area contributed by atoms with E-state index < -0.39 is 20.0 Å². The zero-order valence-electron chi connectivity index (χ0n) is 12.4. The number of halogens is 3. The fourth-order valence-electron chi connectivity index (χ4n) is 1.94. The number of non-ortho nitro benzene ring substituents is 1. The first-order valence-electron chi connectivity index (χ1n) is 6.71. The molecule has 0 spiro atoms. The number of nitrogens with zero attached hydrogens (tertiary/aromatic N) is 1. The van der Waals surface area contributed by atoms with Gasteiger partial charge in [-0.25, -0.2) is 0 Å². The molecule has 9 heteroatoms. The van der Waals surface area contributed by atoms with Crippen LogP contribution in [0.1, 0.15) is 11.1 Å². The van der Waals surface area contributed by atoms with Crippen molar-refractivity contribution in [2.24, 2.45) is 0 Å². The van der Waals surface area contributed by atoms with Crippen molar-refractivity contribution in [3.8, 4) is 0 Å². The summed E-state index contributed by atoms with van der Waals surface area (Å²) >= 11 is 11.6. The van der Waals surface area contributed by atoms with Gasteiger partial charge in [-0.1, -0.05) is 53.6 Å². The summed E-state index contributed by atoms with van der Waals surface area (Å²) in [4.78, 5) is 9.56. The lowest BCUT2D eigenvalue weighted by atomic mass is 10.1. The SMILES string of the molecule is O=[N+]([O-])c1ccc(C=CC=Cc2ccc(Cl)cc2S(=O)(=O)F)c(Cl)c1. The van der Waals surface area contributed by atoms with Crippen molar-refractivity contribution in [3.05, 3.63) is 79.8 Å². The largest absolute Gasteiger partial charge is 0.332 e. The molecule has 0 heterocycles. The molecule has 5 nitrogen and oxygen atoms in total. The van der Waals surface area contributed by atoms with E-state index in [0.717, 1.165) is 6.07 Å². The van der Waals surface area contributed by atoms with Crippen LogP contribution in [0.3, 0.4) is 0 Å². The van der Waals surface area contributed by atoms with Gasteiger partial charge >= 0.3 is 10.2 Å². The van der Waals surface area contributed by atoms with Crippen LogP contribution in [0.2, 0.25) is 10.0 Å². The molecule has 25 heavy (non-hydrogen) atoms. The number of hydrogen-bond acceptors (Lipinski definition) is 4. The Hall–Kier alpha value is -2.22. The normalized spacial score (nSPS) is 12.1. The summed E-state index contributed by atoms with van der Waals surface area (Å²) in [5, 5.41) is 10.9. The van der Waals surface area contributed by atoms with Gasteiger partial charge in [0.25, 0.3) is 5.69 Å². The molecule has 0 bridgehead atoms. The number of rotatable bonds is 5. The van der Waals surface area contributed by atoms with Crippen molar-refractivity contribution >= 4 is 51.3 Å². The summed E-state index contributed by atoms with van der Waals surface area (Å²) in [6.45, 7) is 0. The number of nitro groups is 1. The van der Waals surface area contributed by atoms with E-state index in [0.29, 0.717) is 5.56 Å². The van der Waals surface area contributed by atoms with Gasteiger partial charge in [-0.15, -0.1) is 3.89 Å². The smallest absolute Gasteiger partial charge is 0.258 e. The summed E-state index contributed by atoms with van der Waals surface area (Å²) in [5.74, 6) is 0. The van der Waals surface area contributed by atoms with Crippen LogP contribution >= 0.6 is 23.2 Å². The molecule has 2 rings (SSSR count). The maximum Gasteiger partial charge on any atom is 0.332 e. The fourth-order valence-corrected chi connectivity index (χ4v) is 3.10. The first-order chi connectivity index (χ1) is 11.7. The van der Waals surface area contributed by atoms with Crippen molar-refractivity contribution in [3.63, 3.8) is 0 Å². The molecule has 0 aromatic heterocycles. The third kappa shape index (κ3) is 5.12. The molecule has 0 unspecified atom stereocenters. The van der Waals surface area contributed by atoms with Gasteiger partial charge in [0.05, 0.1) is 9.95 Å². The topological polar surface area (TPSA) is 77.3 Å². The number of nitro benzene ring substituents is 1. The third-order valence-electron chi connectivity index (χ3n) is 3.10. The molecular weight excluding hydrogens is 392 g/mol. The van der Waals surface area contributed by atoms with Gasteiger partial charge < -0.3 is 0 Å². The maximum atomic E-state index is 13.3. The number of benzene rings is 2. The Balaban J connectivity index is 2.25. The van der Waals surface area contributed by atoms with Gasteiger partial charge in [-0.05, 0) is 29.3 Å². The van der Waals surface area contributed by atoms with E-state index in [-0.39, 0.29) is 21.3 Å². The number of hydrogen-bond donors (Lipinski definition) is 0. The summed E-state index contributed by atoms with van der Waals surface area (Å²) in [7, 11) is -4.91. The van der Waals surface area contributed by atoms with Crippen molar-refractivity contribution in [1.82, 2.24) is 0 Å². The molecule has 130 valence electrons. The Labute approximate surface area is 153 Å². The minimum atomic E-state index is -4.91. The molecule has 2 aromatic rings. The molecule has 0 aliphatic rings. The molecule has 0 radical (unpaired) electrons. The summed E-state index contributed by atoms with van der Waals surface area (Å²) in [6.07, 6.45) is 5.98. The Bertz CT molecular complexity index is 988. The first kappa shape index (κ1) is 19.1. The fraction of sp³-hybridized carbons (Fsp3) is 0. The molecule has 0 atom stereocenters. The maximum absolute atomic E-state index is 13.3. The van der Waals surface area contributed by atoms with E-state index in [1.807, 2.05) is 0 Å². The Kier molecular flexibility index (Phi) is 5.94. The van der Waals surface area contributed by atoms with Gasteiger partial charge in [0.15, 0.2) is 0 Å². The predicted molar refractivity (Wildman–Crippen MR) is 95.9 cm³/mol. The van der Waals surface area contributed by atoms with Crippen LogP contribution in [0.15, 0.2) is 53.4 Å². The lowest BCUT2D eigenvalue weighted by molar-refractivity contribution is -0.384. The van der Waals surface area contributed by atoms with Crippen LogP contribution < -0.4 is 0 Å². The van der Waals surface area contributed by atoms with Gasteiger partial charge in [0.2, 0.25) is 0 Å². The van der Waals surface area contributed by atoms with Crippen LogP contribution in [-0.2, 0) is 10.2 Å². The van der Waals surface area contributed by atoms with Crippen molar-refractivity contribution in [1.29, 1.82) is 0 Å².